The Hall–Kier alpha value is -2.11. The summed E-state index contributed by atoms with van der Waals surface area (Å²) in [5.41, 5.74) is 0.774. The molecule has 0 unspecified atom stereocenters. The van der Waals surface area contributed by atoms with Crippen LogP contribution in [0, 0.1) is 0 Å². The highest BCUT2D eigenvalue weighted by atomic mass is 19.3. The number of benzene rings is 1. The van der Waals surface area contributed by atoms with Crippen LogP contribution in [0.5, 0.6) is 5.75 Å². The molecular formula is C14H17F2N3O. The molecule has 1 N–H and O–H groups in total. The minimum atomic E-state index is -2.80. The highest BCUT2D eigenvalue weighted by Gasteiger charge is 2.05. The summed E-state index contributed by atoms with van der Waals surface area (Å²) in [4.78, 5) is 4.24. The summed E-state index contributed by atoms with van der Waals surface area (Å²) in [6, 6.07) is 6.34. The van der Waals surface area contributed by atoms with Gasteiger partial charge in [-0.3, -0.25) is 0 Å². The molecule has 0 aliphatic rings. The first-order valence-electron chi connectivity index (χ1n) is 6.52. The van der Waals surface area contributed by atoms with E-state index < -0.39 is 6.61 Å². The number of unbranched alkanes of at least 4 members (excludes halogenated alkanes) is 1. The van der Waals surface area contributed by atoms with E-state index in [9.17, 15) is 8.78 Å². The molecule has 0 saturated heterocycles. The van der Waals surface area contributed by atoms with E-state index in [1.165, 1.54) is 12.1 Å². The van der Waals surface area contributed by atoms with Crippen molar-refractivity contribution in [1.29, 1.82) is 0 Å². The molecule has 0 radical (unpaired) electrons. The Bertz CT molecular complexity index is 525. The van der Waals surface area contributed by atoms with Crippen LogP contribution in [0.2, 0.25) is 0 Å². The van der Waals surface area contributed by atoms with E-state index in [0.29, 0.717) is 0 Å². The Morgan fingerprint density at radius 2 is 2.05 bits per heavy atom. The average molecular weight is 281 g/mol. The summed E-state index contributed by atoms with van der Waals surface area (Å²) in [7, 11) is 0. The maximum absolute atomic E-state index is 12.0. The predicted octanol–water partition coefficient (Wildman–Crippen LogP) is 4.03. The molecule has 4 nitrogen and oxygen atoms in total. The molecule has 0 atom stereocenters. The van der Waals surface area contributed by atoms with Gasteiger partial charge in [0.2, 0.25) is 5.95 Å². The molecular weight excluding hydrogens is 264 g/mol. The lowest BCUT2D eigenvalue weighted by molar-refractivity contribution is -0.0498. The number of alkyl halides is 2. The van der Waals surface area contributed by atoms with E-state index >= 15 is 0 Å². The van der Waals surface area contributed by atoms with Gasteiger partial charge in [0, 0.05) is 24.6 Å². The molecule has 6 heteroatoms. The van der Waals surface area contributed by atoms with Crippen LogP contribution in [0.25, 0.3) is 0 Å². The third-order valence-corrected chi connectivity index (χ3v) is 2.80. The fourth-order valence-corrected chi connectivity index (χ4v) is 1.79. The zero-order valence-electron chi connectivity index (χ0n) is 11.2. The van der Waals surface area contributed by atoms with Crippen molar-refractivity contribution in [2.75, 3.05) is 5.32 Å². The van der Waals surface area contributed by atoms with Crippen molar-refractivity contribution in [3.63, 3.8) is 0 Å². The van der Waals surface area contributed by atoms with Crippen molar-refractivity contribution < 1.29 is 13.5 Å². The second-order valence-corrected chi connectivity index (χ2v) is 4.33. The third kappa shape index (κ3) is 3.94. The molecule has 20 heavy (non-hydrogen) atoms. The normalized spacial score (nSPS) is 10.8. The highest BCUT2D eigenvalue weighted by molar-refractivity contribution is 5.54. The largest absolute Gasteiger partial charge is 0.435 e. The van der Waals surface area contributed by atoms with Crippen molar-refractivity contribution in [2.24, 2.45) is 0 Å². The molecule has 0 fully saturated rings. The summed E-state index contributed by atoms with van der Waals surface area (Å²) < 4.78 is 30.4. The number of hydrogen-bond acceptors (Lipinski definition) is 3. The Labute approximate surface area is 116 Å². The van der Waals surface area contributed by atoms with E-state index in [-0.39, 0.29) is 5.75 Å². The van der Waals surface area contributed by atoms with Gasteiger partial charge in [-0.15, -0.1) is 0 Å². The van der Waals surface area contributed by atoms with Gasteiger partial charge in [-0.2, -0.15) is 8.78 Å². The van der Waals surface area contributed by atoms with Crippen LogP contribution in [0.3, 0.4) is 0 Å². The summed E-state index contributed by atoms with van der Waals surface area (Å²) in [5, 5.41) is 3.15. The minimum absolute atomic E-state index is 0.139. The van der Waals surface area contributed by atoms with Gasteiger partial charge in [-0.05, 0) is 30.7 Å². The van der Waals surface area contributed by atoms with Crippen molar-refractivity contribution in [2.45, 2.75) is 32.9 Å². The first-order chi connectivity index (χ1) is 9.69. The number of halogens is 2. The third-order valence-electron chi connectivity index (χ3n) is 2.80. The van der Waals surface area contributed by atoms with Crippen molar-refractivity contribution >= 4 is 11.6 Å². The highest BCUT2D eigenvalue weighted by Crippen LogP contribution is 2.20. The maximum Gasteiger partial charge on any atom is 0.387 e. The second-order valence-electron chi connectivity index (χ2n) is 4.33. The Morgan fingerprint density at radius 1 is 1.30 bits per heavy atom. The maximum atomic E-state index is 12.0. The lowest BCUT2D eigenvalue weighted by Gasteiger charge is -2.10. The van der Waals surface area contributed by atoms with Crippen LogP contribution < -0.4 is 10.1 Å². The number of anilines is 2. The van der Waals surface area contributed by atoms with Gasteiger partial charge >= 0.3 is 6.61 Å². The summed E-state index contributed by atoms with van der Waals surface area (Å²) in [6.07, 6.45) is 5.82. The quantitative estimate of drug-likeness (QED) is 0.832. The molecule has 0 aliphatic heterocycles. The van der Waals surface area contributed by atoms with Crippen molar-refractivity contribution in [3.05, 3.63) is 36.7 Å². The predicted molar refractivity (Wildman–Crippen MR) is 73.5 cm³/mol. The van der Waals surface area contributed by atoms with Gasteiger partial charge in [-0.25, -0.2) is 4.98 Å². The lowest BCUT2D eigenvalue weighted by atomic mass is 10.3. The van der Waals surface area contributed by atoms with Gasteiger partial charge in [0.15, 0.2) is 0 Å². The number of aromatic nitrogens is 2. The van der Waals surface area contributed by atoms with Crippen LogP contribution in [-0.4, -0.2) is 16.2 Å². The number of hydrogen-bond donors (Lipinski definition) is 1. The van der Waals surface area contributed by atoms with Crippen LogP contribution in [0.15, 0.2) is 36.7 Å². The van der Waals surface area contributed by atoms with Gasteiger partial charge < -0.3 is 14.6 Å². The molecule has 1 aromatic heterocycles. The van der Waals surface area contributed by atoms with Crippen LogP contribution in [0.4, 0.5) is 20.4 Å². The number of rotatable bonds is 7. The smallest absolute Gasteiger partial charge is 0.387 e. The number of imidazole rings is 1. The van der Waals surface area contributed by atoms with Crippen LogP contribution in [-0.2, 0) is 6.54 Å². The standard InChI is InChI=1S/C14H17F2N3O/c1-2-3-9-19-10-8-17-14(19)18-11-4-6-12(7-5-11)20-13(15)16/h4-8,10,13H,2-3,9H2,1H3,(H,17,18). The molecule has 2 rings (SSSR count). The van der Waals surface area contributed by atoms with Gasteiger partial charge in [0.1, 0.15) is 5.75 Å². The molecule has 0 spiro atoms. The number of nitrogens with one attached hydrogen (secondary N) is 1. The summed E-state index contributed by atoms with van der Waals surface area (Å²) in [5.74, 6) is 0.876. The van der Waals surface area contributed by atoms with E-state index in [2.05, 4.69) is 22.0 Å². The molecule has 108 valence electrons. The Kier molecular flexibility index (Phi) is 4.92. The molecule has 0 amide bonds. The summed E-state index contributed by atoms with van der Waals surface area (Å²) >= 11 is 0. The minimum Gasteiger partial charge on any atom is -0.435 e. The molecule has 0 bridgehead atoms. The second kappa shape index (κ2) is 6.88. The Morgan fingerprint density at radius 3 is 2.70 bits per heavy atom. The van der Waals surface area contributed by atoms with Crippen molar-refractivity contribution in [3.8, 4) is 5.75 Å². The SMILES string of the molecule is CCCCn1ccnc1Nc1ccc(OC(F)F)cc1. The van der Waals surface area contributed by atoms with E-state index in [1.807, 2.05) is 10.8 Å². The zero-order chi connectivity index (χ0) is 14.4. The number of ether oxygens (including phenoxy) is 1. The van der Waals surface area contributed by atoms with Gasteiger partial charge in [0.05, 0.1) is 0 Å². The van der Waals surface area contributed by atoms with E-state index in [1.54, 1.807) is 18.3 Å². The monoisotopic (exact) mass is 281 g/mol. The van der Waals surface area contributed by atoms with Gasteiger partial charge in [0.25, 0.3) is 0 Å². The lowest BCUT2D eigenvalue weighted by Crippen LogP contribution is -2.04. The Balaban J connectivity index is 2.01. The van der Waals surface area contributed by atoms with Gasteiger partial charge in [-0.1, -0.05) is 13.3 Å². The molecule has 0 saturated carbocycles. The number of nitrogens with zero attached hydrogens (tertiary/aromatic N) is 2. The molecule has 1 aromatic carbocycles. The summed E-state index contributed by atoms with van der Waals surface area (Å²) in [6.45, 7) is 0.221. The van der Waals surface area contributed by atoms with E-state index in [4.69, 9.17) is 0 Å². The van der Waals surface area contributed by atoms with Crippen molar-refractivity contribution in [1.82, 2.24) is 9.55 Å². The molecule has 1 heterocycles. The molecule has 2 aromatic rings. The van der Waals surface area contributed by atoms with Crippen LogP contribution in [0.1, 0.15) is 19.8 Å². The first kappa shape index (κ1) is 14.3. The number of aryl methyl sites for hydroxylation is 1. The fourth-order valence-electron chi connectivity index (χ4n) is 1.79. The fraction of sp³-hybridized carbons (Fsp3) is 0.357. The average Bonchev–Trinajstić information content (AvgIpc) is 2.85. The van der Waals surface area contributed by atoms with Crippen LogP contribution >= 0.6 is 0 Å². The molecule has 0 aliphatic carbocycles. The van der Waals surface area contributed by atoms with E-state index in [0.717, 1.165) is 31.0 Å². The first-order valence-corrected chi connectivity index (χ1v) is 6.52. The zero-order valence-corrected chi connectivity index (χ0v) is 11.2. The topological polar surface area (TPSA) is 39.1 Å².